The summed E-state index contributed by atoms with van der Waals surface area (Å²) in [6.45, 7) is 2.26. The average molecular weight is 447 g/mol. The summed E-state index contributed by atoms with van der Waals surface area (Å²) in [6.07, 6.45) is 14.1. The Labute approximate surface area is 189 Å². The molecule has 2 aliphatic carbocycles. The van der Waals surface area contributed by atoms with Crippen molar-refractivity contribution in [3.63, 3.8) is 0 Å². The van der Waals surface area contributed by atoms with E-state index in [2.05, 4.69) is 6.92 Å². The highest BCUT2D eigenvalue weighted by molar-refractivity contribution is 5.65. The van der Waals surface area contributed by atoms with Crippen LogP contribution in [0, 0.1) is 41.0 Å². The summed E-state index contributed by atoms with van der Waals surface area (Å²) >= 11 is 0. The standard InChI is InChI=1S/C28H34F4/c1-2-3-4-5-6-18-7-8-20-14-21(10-9-19(20)13-18)22-11-12-24(25(29)15-22)23-16-26(30)28(32)27(31)17-23/h11-12,15-21H,2-10,13-14H2,1H3/t18?,19-,20-,21-/m1/s1. The molecule has 0 radical (unpaired) electrons. The minimum absolute atomic E-state index is 0.0198. The fraction of sp³-hybridized carbons (Fsp3) is 0.571. The van der Waals surface area contributed by atoms with Crippen molar-refractivity contribution in [2.75, 3.05) is 0 Å². The Bertz CT molecular complexity index is 899. The van der Waals surface area contributed by atoms with E-state index < -0.39 is 23.3 Å². The van der Waals surface area contributed by atoms with Crippen molar-refractivity contribution >= 4 is 0 Å². The molecule has 32 heavy (non-hydrogen) atoms. The van der Waals surface area contributed by atoms with Crippen LogP contribution >= 0.6 is 0 Å². The van der Waals surface area contributed by atoms with Crippen LogP contribution in [0.1, 0.15) is 89.0 Å². The van der Waals surface area contributed by atoms with Crippen LogP contribution in [0.3, 0.4) is 0 Å². The number of halogens is 4. The van der Waals surface area contributed by atoms with Crippen LogP contribution in [-0.2, 0) is 0 Å². The monoisotopic (exact) mass is 446 g/mol. The van der Waals surface area contributed by atoms with Crippen LogP contribution in [0.15, 0.2) is 30.3 Å². The molecule has 0 N–H and O–H groups in total. The molecule has 4 atom stereocenters. The summed E-state index contributed by atoms with van der Waals surface area (Å²) in [4.78, 5) is 0. The molecule has 0 amide bonds. The van der Waals surface area contributed by atoms with Gasteiger partial charge in [-0.2, -0.15) is 0 Å². The largest absolute Gasteiger partial charge is 0.206 e. The van der Waals surface area contributed by atoms with Gasteiger partial charge in [-0.1, -0.05) is 57.6 Å². The topological polar surface area (TPSA) is 0 Å². The minimum atomic E-state index is -1.53. The van der Waals surface area contributed by atoms with E-state index in [1.54, 1.807) is 6.07 Å². The normalized spacial score (nSPS) is 25.5. The average Bonchev–Trinajstić information content (AvgIpc) is 2.79. The Hall–Kier alpha value is -1.84. The maximum atomic E-state index is 14.9. The van der Waals surface area contributed by atoms with Crippen molar-refractivity contribution in [3.05, 3.63) is 59.2 Å². The first-order chi connectivity index (χ1) is 15.5. The lowest BCUT2D eigenvalue weighted by Gasteiger charge is -2.42. The highest BCUT2D eigenvalue weighted by Crippen LogP contribution is 2.48. The molecule has 2 aromatic carbocycles. The van der Waals surface area contributed by atoms with Gasteiger partial charge in [-0.3, -0.25) is 0 Å². The van der Waals surface area contributed by atoms with E-state index in [1.165, 1.54) is 63.9 Å². The van der Waals surface area contributed by atoms with E-state index in [1.807, 2.05) is 6.07 Å². The smallest absolute Gasteiger partial charge is 0.194 e. The van der Waals surface area contributed by atoms with E-state index >= 15 is 0 Å². The van der Waals surface area contributed by atoms with Gasteiger partial charge in [0, 0.05) is 5.56 Å². The van der Waals surface area contributed by atoms with Crippen molar-refractivity contribution in [2.24, 2.45) is 17.8 Å². The molecule has 4 heteroatoms. The second kappa shape index (κ2) is 10.4. The molecule has 0 aliphatic heterocycles. The van der Waals surface area contributed by atoms with E-state index in [0.29, 0.717) is 5.92 Å². The number of hydrogen-bond donors (Lipinski definition) is 0. The fourth-order valence-corrected chi connectivity index (χ4v) is 6.14. The van der Waals surface area contributed by atoms with Gasteiger partial charge >= 0.3 is 0 Å². The maximum absolute atomic E-state index is 14.9. The second-order valence-electron chi connectivity index (χ2n) is 10.1. The molecule has 0 nitrogen and oxygen atoms in total. The first-order valence-corrected chi connectivity index (χ1v) is 12.4. The summed E-state index contributed by atoms with van der Waals surface area (Å²) in [7, 11) is 0. The summed E-state index contributed by atoms with van der Waals surface area (Å²) in [6, 6.07) is 6.67. The molecule has 0 heterocycles. The van der Waals surface area contributed by atoms with Crippen LogP contribution in [0.5, 0.6) is 0 Å². The van der Waals surface area contributed by atoms with Gasteiger partial charge in [-0.25, -0.2) is 17.6 Å². The summed E-state index contributed by atoms with van der Waals surface area (Å²) < 4.78 is 55.3. The van der Waals surface area contributed by atoms with E-state index in [-0.39, 0.29) is 11.1 Å². The summed E-state index contributed by atoms with van der Waals surface area (Å²) in [5.41, 5.74) is 1.09. The summed E-state index contributed by atoms with van der Waals surface area (Å²) in [5.74, 6) is -1.89. The molecule has 2 aliphatic rings. The van der Waals surface area contributed by atoms with Gasteiger partial charge in [0.05, 0.1) is 0 Å². The predicted octanol–water partition coefficient (Wildman–Crippen LogP) is 9.18. The van der Waals surface area contributed by atoms with Gasteiger partial charge < -0.3 is 0 Å². The Morgan fingerprint density at radius 2 is 1.47 bits per heavy atom. The van der Waals surface area contributed by atoms with E-state index in [0.717, 1.165) is 48.3 Å². The van der Waals surface area contributed by atoms with Gasteiger partial charge in [0.2, 0.25) is 0 Å². The zero-order valence-corrected chi connectivity index (χ0v) is 19.0. The lowest BCUT2D eigenvalue weighted by Crippen LogP contribution is -2.30. The Balaban J connectivity index is 1.38. The number of rotatable bonds is 7. The van der Waals surface area contributed by atoms with Crippen LogP contribution in [0.4, 0.5) is 17.6 Å². The molecule has 2 saturated carbocycles. The van der Waals surface area contributed by atoms with Gasteiger partial charge in [0.25, 0.3) is 0 Å². The zero-order chi connectivity index (χ0) is 22.7. The molecule has 174 valence electrons. The maximum Gasteiger partial charge on any atom is 0.194 e. The molecule has 0 aromatic heterocycles. The first-order valence-electron chi connectivity index (χ1n) is 12.4. The molecular formula is C28H34F4. The molecule has 0 saturated heterocycles. The Morgan fingerprint density at radius 3 is 2.19 bits per heavy atom. The van der Waals surface area contributed by atoms with Crippen LogP contribution in [-0.4, -0.2) is 0 Å². The SMILES string of the molecule is CCCCCCC1CC[C@@H]2C[C@H](c3ccc(-c4cc(F)c(F)c(F)c4)c(F)c3)CC[C@@H]2C1. The molecule has 1 unspecified atom stereocenters. The van der Waals surface area contributed by atoms with Crippen molar-refractivity contribution in [2.45, 2.75) is 83.5 Å². The second-order valence-corrected chi connectivity index (χ2v) is 10.1. The van der Waals surface area contributed by atoms with E-state index in [9.17, 15) is 17.6 Å². The molecule has 0 bridgehead atoms. The third-order valence-electron chi connectivity index (χ3n) is 7.95. The van der Waals surface area contributed by atoms with Gasteiger partial charge in [0.15, 0.2) is 17.5 Å². The van der Waals surface area contributed by atoms with Crippen LogP contribution < -0.4 is 0 Å². The fourth-order valence-electron chi connectivity index (χ4n) is 6.14. The zero-order valence-electron chi connectivity index (χ0n) is 19.0. The minimum Gasteiger partial charge on any atom is -0.206 e. The molecule has 0 spiro atoms. The molecule has 4 rings (SSSR count). The van der Waals surface area contributed by atoms with E-state index in [4.69, 9.17) is 0 Å². The van der Waals surface area contributed by atoms with Gasteiger partial charge in [-0.05, 0) is 85.1 Å². The van der Waals surface area contributed by atoms with Crippen molar-refractivity contribution in [1.82, 2.24) is 0 Å². The first kappa shape index (κ1) is 23.3. The van der Waals surface area contributed by atoms with Crippen LogP contribution in [0.25, 0.3) is 11.1 Å². The Kier molecular flexibility index (Phi) is 7.58. The molecule has 2 aromatic rings. The number of fused-ring (bicyclic) bond motifs is 1. The molecule has 2 fully saturated rings. The quantitative estimate of drug-likeness (QED) is 0.226. The Morgan fingerprint density at radius 1 is 0.750 bits per heavy atom. The lowest BCUT2D eigenvalue weighted by molar-refractivity contribution is 0.113. The summed E-state index contributed by atoms with van der Waals surface area (Å²) in [5, 5.41) is 0. The van der Waals surface area contributed by atoms with Gasteiger partial charge in [-0.15, -0.1) is 0 Å². The number of hydrogen-bond acceptors (Lipinski definition) is 0. The highest BCUT2D eigenvalue weighted by atomic mass is 19.2. The number of unbranched alkanes of at least 4 members (excludes halogenated alkanes) is 3. The van der Waals surface area contributed by atoms with Gasteiger partial charge in [0.1, 0.15) is 5.82 Å². The van der Waals surface area contributed by atoms with Crippen molar-refractivity contribution in [3.8, 4) is 11.1 Å². The third-order valence-corrected chi connectivity index (χ3v) is 7.95. The highest BCUT2D eigenvalue weighted by Gasteiger charge is 2.36. The van der Waals surface area contributed by atoms with Crippen LogP contribution in [0.2, 0.25) is 0 Å². The molecular weight excluding hydrogens is 412 g/mol. The van der Waals surface area contributed by atoms with Crippen molar-refractivity contribution in [1.29, 1.82) is 0 Å². The number of benzene rings is 2. The van der Waals surface area contributed by atoms with Crippen molar-refractivity contribution < 1.29 is 17.6 Å². The lowest BCUT2D eigenvalue weighted by atomic mass is 9.63. The predicted molar refractivity (Wildman–Crippen MR) is 121 cm³/mol. The third kappa shape index (κ3) is 5.21.